The monoisotopic (exact) mass is 968 g/mol. The Labute approximate surface area is 371 Å². The lowest BCUT2D eigenvalue weighted by Crippen LogP contribution is -2.37. The lowest BCUT2D eigenvalue weighted by molar-refractivity contribution is -0.0543. The van der Waals surface area contributed by atoms with Gasteiger partial charge >= 0.3 is 27.3 Å². The number of carbonyl (C=O) groups is 1. The Morgan fingerprint density at radius 2 is 1.51 bits per heavy atom. The SMILES string of the molecule is O=C(O)c1cc(NC(=S)NCCOCCOCCOCCOP(=O)(O)OP(=O)(O)OCC2OC(n3ccc(=O)[nH]c3=O)C(O)C2O)ccc1-c1c2ccc(=O)cc-2oc2cc(O)ccc12. The smallest absolute Gasteiger partial charge is 0.481 e. The Balaban J connectivity index is 0.833. The van der Waals surface area contributed by atoms with Gasteiger partial charge in [0.25, 0.3) is 5.56 Å². The van der Waals surface area contributed by atoms with Gasteiger partial charge in [-0.3, -0.25) is 28.2 Å². The molecule has 24 nitrogen and oxygen atoms in total. The van der Waals surface area contributed by atoms with E-state index in [2.05, 4.69) is 24.0 Å². The summed E-state index contributed by atoms with van der Waals surface area (Å²) in [5.74, 6) is -1.06. The number of anilines is 1. The predicted molar refractivity (Wildman–Crippen MR) is 230 cm³/mol. The van der Waals surface area contributed by atoms with Gasteiger partial charge in [0.1, 0.15) is 35.4 Å². The first-order valence-corrected chi connectivity index (χ1v) is 22.7. The van der Waals surface area contributed by atoms with Gasteiger partial charge in [0.15, 0.2) is 16.8 Å². The first-order chi connectivity index (χ1) is 30.9. The van der Waals surface area contributed by atoms with Crippen molar-refractivity contribution in [3.63, 3.8) is 0 Å². The second-order valence-corrected chi connectivity index (χ2v) is 17.3. The van der Waals surface area contributed by atoms with Crippen molar-refractivity contribution in [1.29, 1.82) is 0 Å². The Kier molecular flexibility index (Phi) is 16.5. The number of phenolic OH excluding ortho intramolecular Hbond substituents is 1. The summed E-state index contributed by atoms with van der Waals surface area (Å²) in [7, 11) is -10.5. The summed E-state index contributed by atoms with van der Waals surface area (Å²) in [4.78, 5) is 69.6. The summed E-state index contributed by atoms with van der Waals surface area (Å²) < 4.78 is 66.0. The molecule has 3 heterocycles. The largest absolute Gasteiger partial charge is 0.508 e. The van der Waals surface area contributed by atoms with Crippen LogP contribution in [0.2, 0.25) is 0 Å². The second kappa shape index (κ2) is 21.9. The summed E-state index contributed by atoms with van der Waals surface area (Å²) in [6.07, 6.45) is -5.47. The van der Waals surface area contributed by atoms with Gasteiger partial charge < -0.3 is 64.2 Å². The highest BCUT2D eigenvalue weighted by Crippen LogP contribution is 2.60. The highest BCUT2D eigenvalue weighted by molar-refractivity contribution is 7.80. The number of nitrogens with zero attached hydrogens (tertiary/aromatic N) is 1. The van der Waals surface area contributed by atoms with E-state index < -0.39 is 70.6 Å². The number of aromatic nitrogens is 2. The summed E-state index contributed by atoms with van der Waals surface area (Å²) in [5.41, 5.74) is -0.0508. The Hall–Kier alpha value is -5.21. The van der Waals surface area contributed by atoms with Gasteiger partial charge in [0.2, 0.25) is 0 Å². The Bertz CT molecular complexity index is 2750. The van der Waals surface area contributed by atoms with Crippen LogP contribution in [0.3, 0.4) is 0 Å². The molecule has 9 N–H and O–H groups in total. The van der Waals surface area contributed by atoms with E-state index in [0.717, 1.165) is 16.8 Å². The molecule has 1 saturated heterocycles. The van der Waals surface area contributed by atoms with Gasteiger partial charge in [-0.05, 0) is 54.2 Å². The number of ether oxygens (including phenoxy) is 4. The maximum atomic E-state index is 12.5. The number of rotatable bonds is 22. The average molecular weight is 969 g/mol. The molecule has 65 heavy (non-hydrogen) atoms. The van der Waals surface area contributed by atoms with E-state index in [1.807, 2.05) is 4.98 Å². The molecule has 6 atom stereocenters. The number of carboxylic acids is 1. The van der Waals surface area contributed by atoms with Crippen LogP contribution in [0, 0.1) is 0 Å². The standard InChI is InChI=1S/C38H42N4O20P2S/c43-22-2-5-25-28(18-22)60-29-19-23(44)3-6-26(29)32(25)24-4-1-21(17-27(24)36(48)49)40-37(65)39-8-10-55-11-12-56-13-14-57-15-16-58-63(51,52)62-64(53,54)59-20-30-33(46)34(47)35(61-30)42-9-7-31(45)41-38(42)50/h1-7,9,17-19,30,33-35,43,46-47H,8,10-16,20H2,(H,48,49)(H,51,52)(H,53,54)(H2,39,40,65)(H,41,45,50). The molecule has 0 radical (unpaired) electrons. The number of hydrogen-bond donors (Lipinski definition) is 9. The number of phosphoric ester groups is 2. The van der Waals surface area contributed by atoms with E-state index >= 15 is 0 Å². The van der Waals surface area contributed by atoms with E-state index in [1.165, 1.54) is 30.3 Å². The molecular weight excluding hydrogens is 926 g/mol. The molecule has 1 aliphatic carbocycles. The highest BCUT2D eigenvalue weighted by Gasteiger charge is 2.46. The number of aliphatic hydroxyl groups excluding tert-OH is 2. The minimum Gasteiger partial charge on any atom is -0.508 e. The molecule has 1 aromatic heterocycles. The lowest BCUT2D eigenvalue weighted by atomic mass is 9.90. The van der Waals surface area contributed by atoms with Gasteiger partial charge in [0, 0.05) is 53.1 Å². The number of phenols is 1. The minimum absolute atomic E-state index is 0.0382. The van der Waals surface area contributed by atoms with E-state index in [1.54, 1.807) is 24.3 Å². The molecule has 0 saturated carbocycles. The van der Waals surface area contributed by atoms with Gasteiger partial charge in [-0.15, -0.1) is 0 Å². The fourth-order valence-electron chi connectivity index (χ4n) is 6.40. The molecule has 6 unspecified atom stereocenters. The molecule has 6 rings (SSSR count). The third-order valence-corrected chi connectivity index (χ3v) is 12.2. The van der Waals surface area contributed by atoms with Gasteiger partial charge in [-0.1, -0.05) is 6.07 Å². The third-order valence-electron chi connectivity index (χ3n) is 9.28. The van der Waals surface area contributed by atoms with Crippen LogP contribution in [-0.2, 0) is 41.4 Å². The van der Waals surface area contributed by atoms with E-state index in [-0.39, 0.29) is 72.8 Å². The Morgan fingerprint density at radius 1 is 0.831 bits per heavy atom. The van der Waals surface area contributed by atoms with Gasteiger partial charge in [-0.2, -0.15) is 4.31 Å². The summed E-state index contributed by atoms with van der Waals surface area (Å²) in [5, 5.41) is 47.4. The molecule has 3 aromatic rings. The number of carboxylic acid groups (broad SMARTS) is 1. The van der Waals surface area contributed by atoms with Crippen molar-refractivity contribution in [3.05, 3.63) is 103 Å². The quantitative estimate of drug-likeness (QED) is 0.0206. The number of aliphatic hydroxyl groups is 2. The Morgan fingerprint density at radius 3 is 2.22 bits per heavy atom. The van der Waals surface area contributed by atoms with Crippen LogP contribution in [0.5, 0.6) is 5.75 Å². The predicted octanol–water partition coefficient (Wildman–Crippen LogP) is 1.72. The molecule has 1 fully saturated rings. The first-order valence-electron chi connectivity index (χ1n) is 19.3. The van der Waals surface area contributed by atoms with Gasteiger partial charge in [0.05, 0.1) is 58.4 Å². The number of nitrogens with one attached hydrogen (secondary N) is 3. The number of aromatic amines is 1. The number of fused-ring (bicyclic) bond motifs is 2. The molecule has 0 spiro atoms. The van der Waals surface area contributed by atoms with Crippen molar-refractivity contribution in [3.8, 4) is 28.2 Å². The normalized spacial score (nSPS) is 19.2. The zero-order chi connectivity index (χ0) is 46.9. The molecule has 350 valence electrons. The topological polar surface area (TPSA) is 346 Å². The maximum absolute atomic E-state index is 12.5. The molecule has 27 heteroatoms. The van der Waals surface area contributed by atoms with Crippen LogP contribution in [0.1, 0.15) is 16.6 Å². The highest BCUT2D eigenvalue weighted by atomic mass is 32.1. The number of aromatic carboxylic acids is 1. The molecular formula is C38H42N4O20P2S. The number of aromatic hydroxyl groups is 1. The van der Waals surface area contributed by atoms with E-state index in [4.69, 9.17) is 35.6 Å². The first kappa shape index (κ1) is 49.2. The maximum Gasteiger partial charge on any atom is 0.481 e. The fourth-order valence-corrected chi connectivity index (χ4v) is 8.68. The van der Waals surface area contributed by atoms with Crippen molar-refractivity contribution in [2.24, 2.45) is 0 Å². The van der Waals surface area contributed by atoms with Crippen LogP contribution in [0.4, 0.5) is 5.69 Å². The van der Waals surface area contributed by atoms with Crippen LogP contribution in [-0.4, -0.2) is 129 Å². The zero-order valence-corrected chi connectivity index (χ0v) is 36.3. The number of benzene rings is 3. The van der Waals surface area contributed by atoms with Gasteiger partial charge in [-0.25, -0.2) is 18.7 Å². The van der Waals surface area contributed by atoms with E-state index in [9.17, 15) is 58.5 Å². The third kappa shape index (κ3) is 13.2. The van der Waals surface area contributed by atoms with Crippen molar-refractivity contribution in [1.82, 2.24) is 14.9 Å². The zero-order valence-electron chi connectivity index (χ0n) is 33.7. The van der Waals surface area contributed by atoms with Crippen LogP contribution in [0.25, 0.3) is 33.4 Å². The number of thiocarbonyl (C=S) groups is 1. The molecule has 2 aromatic carbocycles. The summed E-state index contributed by atoms with van der Waals surface area (Å²) >= 11 is 5.36. The van der Waals surface area contributed by atoms with Crippen molar-refractivity contribution < 1.29 is 80.9 Å². The van der Waals surface area contributed by atoms with Crippen LogP contribution < -0.4 is 27.3 Å². The fraction of sp³-hybridized carbons (Fsp3) is 0.342. The van der Waals surface area contributed by atoms with Crippen molar-refractivity contribution in [2.45, 2.75) is 24.5 Å². The average Bonchev–Trinajstić information content (AvgIpc) is 3.52. The minimum atomic E-state index is -5.30. The van der Waals surface area contributed by atoms with Crippen LogP contribution >= 0.6 is 27.9 Å². The number of H-pyrrole nitrogens is 1. The van der Waals surface area contributed by atoms with E-state index in [0.29, 0.717) is 34.3 Å². The molecule has 3 aliphatic rings. The number of phosphoric acid groups is 2. The molecule has 0 amide bonds. The number of hydrogen-bond acceptors (Lipinski definition) is 18. The van der Waals surface area contributed by atoms with Crippen molar-refractivity contribution >= 4 is 55.6 Å². The summed E-state index contributed by atoms with van der Waals surface area (Å²) in [6.45, 7) is -0.660. The van der Waals surface area contributed by atoms with Crippen LogP contribution in [0.15, 0.2) is 85.7 Å². The second-order valence-electron chi connectivity index (χ2n) is 13.8. The summed E-state index contributed by atoms with van der Waals surface area (Å²) in [6, 6.07) is 14.3. The lowest BCUT2D eigenvalue weighted by Gasteiger charge is -2.19. The molecule has 2 aliphatic heterocycles. The van der Waals surface area contributed by atoms with Crippen molar-refractivity contribution in [2.75, 3.05) is 64.7 Å². The molecule has 0 bridgehead atoms.